The van der Waals surface area contributed by atoms with Gasteiger partial charge in [0.15, 0.2) is 5.78 Å². The van der Waals surface area contributed by atoms with Crippen LogP contribution in [0.15, 0.2) is 18.3 Å². The van der Waals surface area contributed by atoms with E-state index in [9.17, 15) is 4.79 Å². The molecule has 4 nitrogen and oxygen atoms in total. The molecule has 0 radical (unpaired) electrons. The largest absolute Gasteiger partial charge is 0.390 e. The van der Waals surface area contributed by atoms with Crippen molar-refractivity contribution < 1.29 is 9.90 Å². The molecule has 4 heteroatoms. The van der Waals surface area contributed by atoms with E-state index in [1.807, 2.05) is 0 Å². The summed E-state index contributed by atoms with van der Waals surface area (Å²) in [6.07, 6.45) is 1.48. The summed E-state index contributed by atoms with van der Waals surface area (Å²) in [5.74, 6) is -0.146. The van der Waals surface area contributed by atoms with E-state index in [-0.39, 0.29) is 18.9 Å². The van der Waals surface area contributed by atoms with Crippen molar-refractivity contribution >= 4 is 5.78 Å². The summed E-state index contributed by atoms with van der Waals surface area (Å²) >= 11 is 0. The number of hydrogen-bond donors (Lipinski definition) is 2. The second-order valence-electron chi connectivity index (χ2n) is 2.32. The third kappa shape index (κ3) is 1.87. The van der Waals surface area contributed by atoms with Crippen molar-refractivity contribution in [3.05, 3.63) is 29.6 Å². The first-order chi connectivity index (χ1) is 5.77. The van der Waals surface area contributed by atoms with Crippen LogP contribution in [-0.4, -0.2) is 22.4 Å². The Morgan fingerprint density at radius 3 is 3.00 bits per heavy atom. The second kappa shape index (κ2) is 3.94. The molecule has 0 saturated carbocycles. The van der Waals surface area contributed by atoms with E-state index in [2.05, 4.69) is 4.98 Å². The van der Waals surface area contributed by atoms with Crippen LogP contribution in [-0.2, 0) is 6.61 Å². The molecule has 0 saturated heterocycles. The van der Waals surface area contributed by atoms with Crippen molar-refractivity contribution in [3.8, 4) is 0 Å². The number of carbonyl (C=O) groups excluding carboxylic acids is 1. The van der Waals surface area contributed by atoms with Gasteiger partial charge >= 0.3 is 0 Å². The van der Waals surface area contributed by atoms with Crippen molar-refractivity contribution in [2.45, 2.75) is 6.61 Å². The molecule has 1 heterocycles. The molecule has 0 amide bonds. The van der Waals surface area contributed by atoms with E-state index in [0.717, 1.165) is 0 Å². The van der Waals surface area contributed by atoms with Crippen LogP contribution in [0, 0.1) is 0 Å². The summed E-state index contributed by atoms with van der Waals surface area (Å²) < 4.78 is 0. The minimum atomic E-state index is -0.161. The van der Waals surface area contributed by atoms with Crippen molar-refractivity contribution in [2.75, 3.05) is 6.54 Å². The molecule has 0 aliphatic rings. The molecule has 0 fully saturated rings. The summed E-state index contributed by atoms with van der Waals surface area (Å²) in [4.78, 5) is 14.9. The van der Waals surface area contributed by atoms with Gasteiger partial charge in [0.25, 0.3) is 0 Å². The second-order valence-corrected chi connectivity index (χ2v) is 2.32. The van der Waals surface area contributed by atoms with Gasteiger partial charge in [0, 0.05) is 11.8 Å². The highest BCUT2D eigenvalue weighted by molar-refractivity contribution is 5.97. The zero-order valence-electron chi connectivity index (χ0n) is 6.53. The molecule has 1 rings (SSSR count). The Morgan fingerprint density at radius 1 is 1.67 bits per heavy atom. The molecule has 64 valence electrons. The molecule has 3 N–H and O–H groups in total. The maximum atomic E-state index is 11.0. The van der Waals surface area contributed by atoms with E-state index >= 15 is 0 Å². The lowest BCUT2D eigenvalue weighted by Gasteiger charge is -1.98. The maximum Gasteiger partial charge on any atom is 0.176 e. The van der Waals surface area contributed by atoms with Crippen LogP contribution in [0.25, 0.3) is 0 Å². The average Bonchev–Trinajstić information content (AvgIpc) is 2.17. The lowest BCUT2D eigenvalue weighted by atomic mass is 10.1. The van der Waals surface area contributed by atoms with E-state index in [4.69, 9.17) is 10.8 Å². The number of nitrogens with zero attached hydrogens (tertiary/aromatic N) is 1. The predicted molar refractivity (Wildman–Crippen MR) is 43.5 cm³/mol. The van der Waals surface area contributed by atoms with Gasteiger partial charge in [-0.3, -0.25) is 9.78 Å². The van der Waals surface area contributed by atoms with Crippen LogP contribution in [0.5, 0.6) is 0 Å². The van der Waals surface area contributed by atoms with E-state index in [1.165, 1.54) is 12.3 Å². The number of nitrogens with two attached hydrogens (primary N) is 1. The van der Waals surface area contributed by atoms with E-state index in [1.54, 1.807) is 6.07 Å². The first-order valence-corrected chi connectivity index (χ1v) is 3.57. The molecular weight excluding hydrogens is 156 g/mol. The molecule has 0 atom stereocenters. The van der Waals surface area contributed by atoms with E-state index < -0.39 is 0 Å². The average molecular weight is 166 g/mol. The van der Waals surface area contributed by atoms with Crippen LogP contribution in [0.1, 0.15) is 16.1 Å². The molecule has 0 bridgehead atoms. The monoisotopic (exact) mass is 166 g/mol. The number of rotatable bonds is 3. The Kier molecular flexibility index (Phi) is 2.90. The maximum absolute atomic E-state index is 11.0. The van der Waals surface area contributed by atoms with Gasteiger partial charge in [0.2, 0.25) is 0 Å². The lowest BCUT2D eigenvalue weighted by Crippen LogP contribution is -2.13. The first-order valence-electron chi connectivity index (χ1n) is 3.57. The normalized spacial score (nSPS) is 9.83. The Morgan fingerprint density at radius 2 is 2.42 bits per heavy atom. The topological polar surface area (TPSA) is 76.2 Å². The fourth-order valence-electron chi connectivity index (χ4n) is 0.856. The SMILES string of the molecule is NCC(=O)c1ccnc(CO)c1. The molecular formula is C8H10N2O2. The Hall–Kier alpha value is -1.26. The fraction of sp³-hybridized carbons (Fsp3) is 0.250. The summed E-state index contributed by atoms with van der Waals surface area (Å²) in [7, 11) is 0. The number of ketones is 1. The van der Waals surface area contributed by atoms with Crippen LogP contribution < -0.4 is 5.73 Å². The molecule has 12 heavy (non-hydrogen) atoms. The fourth-order valence-corrected chi connectivity index (χ4v) is 0.856. The van der Waals surface area contributed by atoms with Crippen LogP contribution >= 0.6 is 0 Å². The van der Waals surface area contributed by atoms with Crippen molar-refractivity contribution in [2.24, 2.45) is 5.73 Å². The summed E-state index contributed by atoms with van der Waals surface area (Å²) in [6, 6.07) is 3.11. The van der Waals surface area contributed by atoms with Gasteiger partial charge in [-0.05, 0) is 12.1 Å². The molecule has 1 aromatic rings. The van der Waals surface area contributed by atoms with Gasteiger partial charge in [-0.1, -0.05) is 0 Å². The lowest BCUT2D eigenvalue weighted by molar-refractivity contribution is 0.100. The molecule has 0 aliphatic carbocycles. The van der Waals surface area contributed by atoms with Gasteiger partial charge in [0.1, 0.15) is 0 Å². The number of Topliss-reactive ketones (excluding diaryl/α,β-unsaturated/α-hetero) is 1. The third-order valence-corrected chi connectivity index (χ3v) is 1.49. The number of aromatic nitrogens is 1. The smallest absolute Gasteiger partial charge is 0.176 e. The standard InChI is InChI=1S/C8H10N2O2/c9-4-8(12)6-1-2-10-7(3-6)5-11/h1-3,11H,4-5,9H2. The van der Waals surface area contributed by atoms with Gasteiger partial charge in [-0.2, -0.15) is 0 Å². The minimum Gasteiger partial charge on any atom is -0.390 e. The highest BCUT2D eigenvalue weighted by atomic mass is 16.3. The van der Waals surface area contributed by atoms with Gasteiger partial charge < -0.3 is 10.8 Å². The Balaban J connectivity index is 2.93. The van der Waals surface area contributed by atoms with Crippen molar-refractivity contribution in [3.63, 3.8) is 0 Å². The number of hydrogen-bond acceptors (Lipinski definition) is 4. The van der Waals surface area contributed by atoms with Crippen molar-refractivity contribution in [1.29, 1.82) is 0 Å². The minimum absolute atomic E-state index is 0.0190. The summed E-state index contributed by atoms with van der Waals surface area (Å²) in [5.41, 5.74) is 6.14. The predicted octanol–water partition coefficient (Wildman–Crippen LogP) is -0.285. The molecule has 0 unspecified atom stereocenters. The van der Waals surface area contributed by atoms with E-state index in [0.29, 0.717) is 11.3 Å². The van der Waals surface area contributed by atoms with Crippen LogP contribution in [0.2, 0.25) is 0 Å². The van der Waals surface area contributed by atoms with Crippen molar-refractivity contribution in [1.82, 2.24) is 4.98 Å². The molecule has 0 spiro atoms. The Bertz CT molecular complexity index is 286. The highest BCUT2D eigenvalue weighted by Crippen LogP contribution is 2.01. The van der Waals surface area contributed by atoms with Crippen LogP contribution in [0.4, 0.5) is 0 Å². The van der Waals surface area contributed by atoms with Gasteiger partial charge in [0.05, 0.1) is 18.8 Å². The van der Waals surface area contributed by atoms with Gasteiger partial charge in [-0.25, -0.2) is 0 Å². The molecule has 0 aromatic carbocycles. The quantitative estimate of drug-likeness (QED) is 0.605. The summed E-state index contributed by atoms with van der Waals surface area (Å²) in [6.45, 7) is -0.180. The molecule has 1 aromatic heterocycles. The van der Waals surface area contributed by atoms with Gasteiger partial charge in [-0.15, -0.1) is 0 Å². The molecule has 0 aliphatic heterocycles. The number of carbonyl (C=O) groups is 1. The number of pyridine rings is 1. The van der Waals surface area contributed by atoms with Crippen LogP contribution in [0.3, 0.4) is 0 Å². The zero-order valence-corrected chi connectivity index (χ0v) is 6.53. The third-order valence-electron chi connectivity index (χ3n) is 1.49. The summed E-state index contributed by atoms with van der Waals surface area (Å²) in [5, 5.41) is 8.71. The highest BCUT2D eigenvalue weighted by Gasteiger charge is 2.03. The zero-order chi connectivity index (χ0) is 8.97. The Labute approximate surface area is 70.0 Å². The number of aliphatic hydroxyl groups is 1. The first kappa shape index (κ1) is 8.83. The number of aliphatic hydroxyl groups excluding tert-OH is 1.